The Morgan fingerprint density at radius 2 is 0.628 bits per heavy atom. The van der Waals surface area contributed by atoms with Gasteiger partial charge in [-0.05, 0) is 84.9 Å². The van der Waals surface area contributed by atoms with E-state index < -0.39 is 0 Å². The quantitative estimate of drug-likeness (QED) is 0.186. The van der Waals surface area contributed by atoms with Crippen molar-refractivity contribution in [1.82, 2.24) is 10.2 Å². The molecule has 0 spiro atoms. The second kappa shape index (κ2) is 11.9. The van der Waals surface area contributed by atoms with Gasteiger partial charge in [-0.25, -0.2) is 0 Å². The van der Waals surface area contributed by atoms with Crippen LogP contribution in [0.2, 0.25) is 0 Å². The minimum Gasteiger partial charge on any atom is -0.416 e. The van der Waals surface area contributed by atoms with E-state index in [4.69, 9.17) is 4.42 Å². The van der Waals surface area contributed by atoms with Crippen molar-refractivity contribution >= 4 is 34.1 Å². The maximum atomic E-state index is 6.29. The fourth-order valence-electron chi connectivity index (χ4n) is 5.22. The highest BCUT2D eigenvalue weighted by Gasteiger charge is 2.17. The van der Waals surface area contributed by atoms with Gasteiger partial charge in [0.1, 0.15) is 0 Å². The number of aromatic nitrogens is 2. The van der Waals surface area contributed by atoms with Gasteiger partial charge in [0.05, 0.1) is 0 Å². The Bertz CT molecular complexity index is 1700. The molecule has 0 aliphatic heterocycles. The molecule has 206 valence electrons. The summed E-state index contributed by atoms with van der Waals surface area (Å²) in [4.78, 5) is 4.43. The van der Waals surface area contributed by atoms with Gasteiger partial charge in [-0.15, -0.1) is 10.2 Å². The average Bonchev–Trinajstić information content (AvgIpc) is 3.58. The first-order valence-corrected chi connectivity index (χ1v) is 14.2. The molecule has 0 fully saturated rings. The first kappa shape index (κ1) is 26.0. The van der Waals surface area contributed by atoms with Crippen LogP contribution in [0.3, 0.4) is 0 Å². The summed E-state index contributed by atoms with van der Waals surface area (Å²) in [5.41, 5.74) is 7.95. The molecule has 5 nitrogen and oxygen atoms in total. The molecule has 1 heterocycles. The molecule has 0 bridgehead atoms. The Labute approximate surface area is 250 Å². The molecule has 1 aromatic heterocycles. The highest BCUT2D eigenvalue weighted by Crippen LogP contribution is 2.38. The van der Waals surface area contributed by atoms with Gasteiger partial charge in [-0.3, -0.25) is 0 Å². The van der Waals surface area contributed by atoms with Gasteiger partial charge >= 0.3 is 0 Å². The van der Waals surface area contributed by atoms with Crippen molar-refractivity contribution in [3.63, 3.8) is 0 Å². The molecule has 6 aromatic carbocycles. The third-order valence-corrected chi connectivity index (χ3v) is 7.19. The van der Waals surface area contributed by atoms with Crippen molar-refractivity contribution < 1.29 is 4.42 Å². The van der Waals surface area contributed by atoms with Crippen LogP contribution < -0.4 is 9.80 Å². The van der Waals surface area contributed by atoms with Gasteiger partial charge in [0, 0.05) is 45.3 Å². The molecule has 7 aromatic rings. The van der Waals surface area contributed by atoms with Crippen LogP contribution >= 0.6 is 0 Å². The van der Waals surface area contributed by atoms with Crippen LogP contribution in [-0.4, -0.2) is 10.2 Å². The van der Waals surface area contributed by atoms with Crippen LogP contribution in [0, 0.1) is 0 Å². The monoisotopic (exact) mass is 556 g/mol. The lowest BCUT2D eigenvalue weighted by Gasteiger charge is -2.25. The number of hydrogen-bond acceptors (Lipinski definition) is 5. The van der Waals surface area contributed by atoms with Gasteiger partial charge in [0.15, 0.2) is 0 Å². The summed E-state index contributed by atoms with van der Waals surface area (Å²) in [6.07, 6.45) is 0. The zero-order valence-corrected chi connectivity index (χ0v) is 23.4. The van der Waals surface area contributed by atoms with Crippen LogP contribution in [0.5, 0.6) is 0 Å². The summed E-state index contributed by atoms with van der Waals surface area (Å²) >= 11 is 0. The van der Waals surface area contributed by atoms with Gasteiger partial charge < -0.3 is 14.2 Å². The highest BCUT2D eigenvalue weighted by atomic mass is 16.4. The normalized spacial score (nSPS) is 10.8. The summed E-state index contributed by atoms with van der Waals surface area (Å²) in [7, 11) is 0. The molecule has 0 N–H and O–H groups in total. The smallest absolute Gasteiger partial charge is 0.248 e. The van der Waals surface area contributed by atoms with E-state index in [0.29, 0.717) is 11.8 Å². The molecule has 0 aliphatic carbocycles. The van der Waals surface area contributed by atoms with E-state index in [1.165, 1.54) is 0 Å². The van der Waals surface area contributed by atoms with E-state index >= 15 is 0 Å². The zero-order chi connectivity index (χ0) is 28.8. The zero-order valence-electron chi connectivity index (χ0n) is 23.4. The fraction of sp³-hybridized carbons (Fsp3) is 0. The van der Waals surface area contributed by atoms with Crippen molar-refractivity contribution in [3.05, 3.63) is 170 Å². The van der Waals surface area contributed by atoms with Crippen molar-refractivity contribution in [2.24, 2.45) is 0 Å². The van der Waals surface area contributed by atoms with E-state index in [9.17, 15) is 0 Å². The standard InChI is InChI=1S/C38H28N4O/c1-5-17-31(18-6-1)41(32-19-7-2-8-20-32)35-25-13-15-29(27-35)37-39-40-38(43-37)30-16-14-26-36(28-30)42(33-21-9-3-10-22-33)34-23-11-4-12-24-34/h1-28H. The number of anilines is 6. The SMILES string of the molecule is c1ccc(N(c2ccccc2)c2cccc(-c3nnc(-c4cccc(N(c5ccccc5)c5ccccc5)c4)o3)c2)cc1. The summed E-state index contributed by atoms with van der Waals surface area (Å²) in [5.74, 6) is 0.928. The van der Waals surface area contributed by atoms with Crippen LogP contribution in [0.25, 0.3) is 22.9 Å². The number of benzene rings is 6. The molecule has 0 amide bonds. The van der Waals surface area contributed by atoms with Crippen molar-refractivity contribution in [2.75, 3.05) is 9.80 Å². The maximum absolute atomic E-state index is 6.29. The third-order valence-electron chi connectivity index (χ3n) is 7.19. The molecule has 5 heteroatoms. The second-order valence-corrected chi connectivity index (χ2v) is 10.0. The van der Waals surface area contributed by atoms with Gasteiger partial charge in [0.2, 0.25) is 11.8 Å². The van der Waals surface area contributed by atoms with E-state index in [0.717, 1.165) is 45.3 Å². The Balaban J connectivity index is 1.23. The molecule has 0 radical (unpaired) electrons. The van der Waals surface area contributed by atoms with E-state index in [-0.39, 0.29) is 0 Å². The molecule has 43 heavy (non-hydrogen) atoms. The van der Waals surface area contributed by atoms with Gasteiger partial charge in [0.25, 0.3) is 0 Å². The van der Waals surface area contributed by atoms with E-state index in [1.54, 1.807) is 0 Å². The molecule has 0 atom stereocenters. The molecular formula is C38H28N4O. The van der Waals surface area contributed by atoms with E-state index in [2.05, 4.69) is 92.8 Å². The number of para-hydroxylation sites is 4. The summed E-state index contributed by atoms with van der Waals surface area (Å²) in [5, 5.41) is 8.90. The predicted octanol–water partition coefficient (Wildman–Crippen LogP) is 10.3. The molecule has 0 aliphatic rings. The Kier molecular flexibility index (Phi) is 7.19. The minimum absolute atomic E-state index is 0.464. The number of nitrogens with zero attached hydrogens (tertiary/aromatic N) is 4. The lowest BCUT2D eigenvalue weighted by Crippen LogP contribution is -2.09. The summed E-state index contributed by atoms with van der Waals surface area (Å²) in [6.45, 7) is 0. The Hall–Kier alpha value is -5.94. The first-order chi connectivity index (χ1) is 21.3. The van der Waals surface area contributed by atoms with Crippen LogP contribution in [-0.2, 0) is 0 Å². The molecule has 0 unspecified atom stereocenters. The number of hydrogen-bond donors (Lipinski definition) is 0. The third kappa shape index (κ3) is 5.52. The predicted molar refractivity (Wildman–Crippen MR) is 175 cm³/mol. The lowest BCUT2D eigenvalue weighted by atomic mass is 10.1. The average molecular weight is 557 g/mol. The molecular weight excluding hydrogens is 528 g/mol. The lowest BCUT2D eigenvalue weighted by molar-refractivity contribution is 0.584. The van der Waals surface area contributed by atoms with Crippen LogP contribution in [0.4, 0.5) is 34.1 Å². The maximum Gasteiger partial charge on any atom is 0.248 e. The van der Waals surface area contributed by atoms with Crippen molar-refractivity contribution in [3.8, 4) is 22.9 Å². The summed E-state index contributed by atoms with van der Waals surface area (Å²) in [6, 6.07) is 57.7. The Morgan fingerprint density at radius 3 is 0.953 bits per heavy atom. The number of rotatable bonds is 8. The van der Waals surface area contributed by atoms with Crippen molar-refractivity contribution in [1.29, 1.82) is 0 Å². The molecule has 7 rings (SSSR count). The van der Waals surface area contributed by atoms with Crippen molar-refractivity contribution in [2.45, 2.75) is 0 Å². The summed E-state index contributed by atoms with van der Waals surface area (Å²) < 4.78 is 6.29. The van der Waals surface area contributed by atoms with E-state index in [1.807, 2.05) is 97.1 Å². The largest absolute Gasteiger partial charge is 0.416 e. The van der Waals surface area contributed by atoms with Crippen LogP contribution in [0.15, 0.2) is 174 Å². The molecule has 0 saturated carbocycles. The topological polar surface area (TPSA) is 45.4 Å². The second-order valence-electron chi connectivity index (χ2n) is 10.0. The first-order valence-electron chi connectivity index (χ1n) is 14.2. The minimum atomic E-state index is 0.464. The van der Waals surface area contributed by atoms with Gasteiger partial charge in [-0.1, -0.05) is 84.9 Å². The Morgan fingerprint density at radius 1 is 0.326 bits per heavy atom. The van der Waals surface area contributed by atoms with Gasteiger partial charge in [-0.2, -0.15) is 0 Å². The molecule has 0 saturated heterocycles. The highest BCUT2D eigenvalue weighted by molar-refractivity contribution is 5.80. The fourth-order valence-corrected chi connectivity index (χ4v) is 5.22. The van der Waals surface area contributed by atoms with Crippen LogP contribution in [0.1, 0.15) is 0 Å².